The van der Waals surface area contributed by atoms with E-state index in [9.17, 15) is 4.79 Å². The first-order chi connectivity index (χ1) is 12.0. The van der Waals surface area contributed by atoms with Crippen molar-refractivity contribution in [3.05, 3.63) is 59.7 Å². The molecule has 0 aliphatic heterocycles. The Morgan fingerprint density at radius 1 is 1.12 bits per heavy atom. The molecular formula is C18H19N5OS. The maximum absolute atomic E-state index is 12.5. The molecular weight excluding hydrogens is 334 g/mol. The minimum Gasteiger partial charge on any atom is -0.325 e. The molecule has 0 spiro atoms. The molecule has 0 aliphatic carbocycles. The van der Waals surface area contributed by atoms with E-state index in [4.69, 9.17) is 0 Å². The molecule has 1 atom stereocenters. The fourth-order valence-corrected chi connectivity index (χ4v) is 3.07. The molecule has 2 aromatic carbocycles. The number of aromatic nitrogens is 4. The van der Waals surface area contributed by atoms with E-state index >= 15 is 0 Å². The van der Waals surface area contributed by atoms with Crippen LogP contribution in [0.2, 0.25) is 0 Å². The predicted octanol–water partition coefficient (Wildman–Crippen LogP) is 3.40. The molecule has 1 unspecified atom stereocenters. The standard InChI is InChI=1S/C18H19N5OS/c1-12-8-10-15(11-9-12)23-18(20-21-22-23)25-14(3)17(24)19-16-7-5-4-6-13(16)2/h4-11,14H,1-3H3,(H,19,24). The van der Waals surface area contributed by atoms with Crippen molar-refractivity contribution in [2.75, 3.05) is 5.32 Å². The number of hydrogen-bond donors (Lipinski definition) is 1. The number of nitrogens with one attached hydrogen (secondary N) is 1. The number of anilines is 1. The summed E-state index contributed by atoms with van der Waals surface area (Å²) in [5.74, 6) is -0.0854. The Morgan fingerprint density at radius 2 is 1.84 bits per heavy atom. The lowest BCUT2D eigenvalue weighted by atomic mass is 10.2. The van der Waals surface area contributed by atoms with Crippen LogP contribution < -0.4 is 5.32 Å². The lowest BCUT2D eigenvalue weighted by Crippen LogP contribution is -2.23. The number of carbonyl (C=O) groups excluding carboxylic acids is 1. The highest BCUT2D eigenvalue weighted by molar-refractivity contribution is 8.00. The van der Waals surface area contributed by atoms with Gasteiger partial charge in [-0.25, -0.2) is 0 Å². The second-order valence-corrected chi connectivity index (χ2v) is 7.08. The summed E-state index contributed by atoms with van der Waals surface area (Å²) in [5, 5.41) is 15.0. The summed E-state index contributed by atoms with van der Waals surface area (Å²) in [6.45, 7) is 5.83. The highest BCUT2D eigenvalue weighted by Gasteiger charge is 2.19. The zero-order valence-corrected chi connectivity index (χ0v) is 15.1. The molecule has 0 bridgehead atoms. The van der Waals surface area contributed by atoms with Crippen LogP contribution in [-0.4, -0.2) is 31.4 Å². The lowest BCUT2D eigenvalue weighted by Gasteiger charge is -2.13. The molecule has 0 aliphatic rings. The molecule has 3 aromatic rings. The van der Waals surface area contributed by atoms with Crippen LogP contribution in [0.3, 0.4) is 0 Å². The number of tetrazole rings is 1. The first kappa shape index (κ1) is 17.2. The summed E-state index contributed by atoms with van der Waals surface area (Å²) in [6, 6.07) is 15.6. The summed E-state index contributed by atoms with van der Waals surface area (Å²) in [4.78, 5) is 12.5. The van der Waals surface area contributed by atoms with E-state index in [2.05, 4.69) is 20.8 Å². The summed E-state index contributed by atoms with van der Waals surface area (Å²) in [5.41, 5.74) is 3.87. The lowest BCUT2D eigenvalue weighted by molar-refractivity contribution is -0.115. The second kappa shape index (κ2) is 7.48. The molecule has 25 heavy (non-hydrogen) atoms. The van der Waals surface area contributed by atoms with Crippen LogP contribution in [0, 0.1) is 13.8 Å². The highest BCUT2D eigenvalue weighted by Crippen LogP contribution is 2.24. The minimum absolute atomic E-state index is 0.0854. The van der Waals surface area contributed by atoms with Crippen LogP contribution in [0.5, 0.6) is 0 Å². The topological polar surface area (TPSA) is 72.7 Å². The van der Waals surface area contributed by atoms with Gasteiger partial charge in [-0.05, 0) is 55.0 Å². The number of thioether (sulfide) groups is 1. The number of benzene rings is 2. The average Bonchev–Trinajstić information content (AvgIpc) is 3.05. The molecule has 1 N–H and O–H groups in total. The van der Waals surface area contributed by atoms with E-state index in [1.165, 1.54) is 11.8 Å². The molecule has 3 rings (SSSR count). The summed E-state index contributed by atoms with van der Waals surface area (Å²) in [7, 11) is 0. The monoisotopic (exact) mass is 353 g/mol. The third kappa shape index (κ3) is 4.06. The Morgan fingerprint density at radius 3 is 2.56 bits per heavy atom. The van der Waals surface area contributed by atoms with Crippen LogP contribution in [0.1, 0.15) is 18.1 Å². The number of aryl methyl sites for hydroxylation is 2. The maximum atomic E-state index is 12.5. The third-order valence-corrected chi connectivity index (χ3v) is 4.81. The van der Waals surface area contributed by atoms with Gasteiger partial charge in [0.1, 0.15) is 0 Å². The van der Waals surface area contributed by atoms with Crippen LogP contribution >= 0.6 is 11.8 Å². The van der Waals surface area contributed by atoms with Crippen molar-refractivity contribution < 1.29 is 4.79 Å². The van der Waals surface area contributed by atoms with Crippen molar-refractivity contribution in [3.8, 4) is 5.69 Å². The molecule has 0 saturated heterocycles. The largest absolute Gasteiger partial charge is 0.325 e. The Bertz CT molecular complexity index is 875. The van der Waals surface area contributed by atoms with Gasteiger partial charge >= 0.3 is 0 Å². The van der Waals surface area contributed by atoms with Gasteiger partial charge in [0.15, 0.2) is 0 Å². The van der Waals surface area contributed by atoms with E-state index < -0.39 is 0 Å². The number of hydrogen-bond acceptors (Lipinski definition) is 5. The maximum Gasteiger partial charge on any atom is 0.237 e. The number of carbonyl (C=O) groups is 1. The highest BCUT2D eigenvalue weighted by atomic mass is 32.2. The smallest absolute Gasteiger partial charge is 0.237 e. The Labute approximate surface area is 150 Å². The molecule has 1 aromatic heterocycles. The third-order valence-electron chi connectivity index (χ3n) is 3.77. The normalized spacial score (nSPS) is 12.0. The number of rotatable bonds is 5. The molecule has 6 nitrogen and oxygen atoms in total. The first-order valence-electron chi connectivity index (χ1n) is 7.93. The van der Waals surface area contributed by atoms with Gasteiger partial charge in [-0.3, -0.25) is 4.79 Å². The Balaban J connectivity index is 1.72. The molecule has 0 radical (unpaired) electrons. The van der Waals surface area contributed by atoms with Crippen LogP contribution in [0.15, 0.2) is 53.7 Å². The number of amides is 1. The van der Waals surface area contributed by atoms with Crippen molar-refractivity contribution >= 4 is 23.4 Å². The summed E-state index contributed by atoms with van der Waals surface area (Å²) in [6.07, 6.45) is 0. The summed E-state index contributed by atoms with van der Waals surface area (Å²) < 4.78 is 1.64. The fraction of sp³-hybridized carbons (Fsp3) is 0.222. The van der Waals surface area contributed by atoms with E-state index in [0.717, 1.165) is 22.5 Å². The van der Waals surface area contributed by atoms with Crippen LogP contribution in [0.25, 0.3) is 5.69 Å². The molecule has 128 valence electrons. The van der Waals surface area contributed by atoms with Crippen molar-refractivity contribution in [1.29, 1.82) is 0 Å². The van der Waals surface area contributed by atoms with E-state index in [1.54, 1.807) is 4.68 Å². The first-order valence-corrected chi connectivity index (χ1v) is 8.81. The molecule has 1 amide bonds. The fourth-order valence-electron chi connectivity index (χ4n) is 2.26. The van der Waals surface area contributed by atoms with Crippen molar-refractivity contribution in [3.63, 3.8) is 0 Å². The molecule has 1 heterocycles. The van der Waals surface area contributed by atoms with Crippen molar-refractivity contribution in [2.45, 2.75) is 31.2 Å². The van der Waals surface area contributed by atoms with E-state index in [0.29, 0.717) is 5.16 Å². The number of nitrogens with zero attached hydrogens (tertiary/aromatic N) is 4. The zero-order valence-electron chi connectivity index (χ0n) is 14.3. The van der Waals surface area contributed by atoms with Crippen LogP contribution in [-0.2, 0) is 4.79 Å². The van der Waals surface area contributed by atoms with Gasteiger partial charge in [-0.15, -0.1) is 5.10 Å². The Hall–Kier alpha value is -2.67. The molecule has 0 saturated carbocycles. The van der Waals surface area contributed by atoms with Crippen LogP contribution in [0.4, 0.5) is 5.69 Å². The van der Waals surface area contributed by atoms with E-state index in [1.807, 2.05) is 69.3 Å². The molecule has 7 heteroatoms. The predicted molar refractivity (Wildman–Crippen MR) is 99.0 cm³/mol. The number of para-hydroxylation sites is 1. The zero-order chi connectivity index (χ0) is 17.8. The van der Waals surface area contributed by atoms with Gasteiger partial charge in [0.2, 0.25) is 11.1 Å². The van der Waals surface area contributed by atoms with E-state index in [-0.39, 0.29) is 11.2 Å². The van der Waals surface area contributed by atoms with Gasteiger partial charge in [0.05, 0.1) is 10.9 Å². The minimum atomic E-state index is -0.338. The van der Waals surface area contributed by atoms with Crippen molar-refractivity contribution in [1.82, 2.24) is 20.2 Å². The van der Waals surface area contributed by atoms with Crippen molar-refractivity contribution in [2.24, 2.45) is 0 Å². The quantitative estimate of drug-likeness (QED) is 0.712. The Kier molecular flexibility index (Phi) is 5.14. The summed E-state index contributed by atoms with van der Waals surface area (Å²) >= 11 is 1.32. The van der Waals surface area contributed by atoms with Gasteiger partial charge in [-0.2, -0.15) is 4.68 Å². The van der Waals surface area contributed by atoms with Gasteiger partial charge in [0.25, 0.3) is 0 Å². The van der Waals surface area contributed by atoms with Gasteiger partial charge < -0.3 is 5.32 Å². The van der Waals surface area contributed by atoms with Gasteiger partial charge in [0, 0.05) is 5.69 Å². The SMILES string of the molecule is Cc1ccc(-n2nnnc2SC(C)C(=O)Nc2ccccc2C)cc1. The average molecular weight is 353 g/mol. The molecule has 0 fully saturated rings. The van der Waals surface area contributed by atoms with Gasteiger partial charge in [-0.1, -0.05) is 47.7 Å². The second-order valence-electron chi connectivity index (χ2n) is 5.77.